The molecule has 0 fully saturated rings. The highest BCUT2D eigenvalue weighted by Crippen LogP contribution is 2.38. The molecule has 1 aromatic heterocycles. The maximum absolute atomic E-state index is 6.06. The molecule has 0 spiro atoms. The smallest absolute Gasteiger partial charge is 0.0887 e. The summed E-state index contributed by atoms with van der Waals surface area (Å²) in [5, 5.41) is 4.34. The second-order valence-electron chi connectivity index (χ2n) is 3.69. The maximum atomic E-state index is 6.06. The summed E-state index contributed by atoms with van der Waals surface area (Å²) >= 11 is 11.3. The molecule has 1 nitrogen and oxygen atoms in total. The molecule has 86 valence electrons. The number of thiophene rings is 1. The molecule has 0 saturated carbocycles. The minimum absolute atomic E-state index is 0.425. The summed E-state index contributed by atoms with van der Waals surface area (Å²) in [6, 6.07) is 2.49. The van der Waals surface area contributed by atoms with E-state index in [-0.39, 0.29) is 0 Å². The summed E-state index contributed by atoms with van der Waals surface area (Å²) < 4.78 is 1.03. The molecule has 2 atom stereocenters. The zero-order valence-electron chi connectivity index (χ0n) is 9.31. The highest BCUT2D eigenvalue weighted by Gasteiger charge is 2.19. The van der Waals surface area contributed by atoms with Gasteiger partial charge in [-0.25, -0.2) is 0 Å². The first-order chi connectivity index (χ1) is 7.10. The molecular weight excluding hydrogens is 294 g/mol. The van der Waals surface area contributed by atoms with Crippen LogP contribution in [0, 0.1) is 5.92 Å². The normalized spacial score (nSPS) is 15.3. The van der Waals surface area contributed by atoms with Gasteiger partial charge in [-0.15, -0.1) is 11.3 Å². The maximum Gasteiger partial charge on any atom is 0.0887 e. The Morgan fingerprint density at radius 3 is 2.60 bits per heavy atom. The van der Waals surface area contributed by atoms with E-state index >= 15 is 0 Å². The summed E-state index contributed by atoms with van der Waals surface area (Å²) in [6.45, 7) is 7.62. The summed E-state index contributed by atoms with van der Waals surface area (Å²) in [4.78, 5) is 1.32. The molecule has 0 bridgehead atoms. The Kier molecular flexibility index (Phi) is 5.61. The molecule has 1 heterocycles. The van der Waals surface area contributed by atoms with E-state index in [0.29, 0.717) is 12.0 Å². The van der Waals surface area contributed by atoms with Crippen LogP contribution < -0.4 is 5.32 Å². The van der Waals surface area contributed by atoms with Gasteiger partial charge in [0.1, 0.15) is 0 Å². The molecule has 1 aromatic rings. The van der Waals surface area contributed by atoms with Gasteiger partial charge in [0.2, 0.25) is 0 Å². The molecule has 0 amide bonds. The highest BCUT2D eigenvalue weighted by molar-refractivity contribution is 9.11. The Morgan fingerprint density at radius 2 is 2.20 bits per heavy atom. The van der Waals surface area contributed by atoms with Crippen LogP contribution in [0.4, 0.5) is 0 Å². The van der Waals surface area contributed by atoms with Crippen molar-refractivity contribution in [3.05, 3.63) is 19.8 Å². The average molecular weight is 311 g/mol. The van der Waals surface area contributed by atoms with Gasteiger partial charge in [0.15, 0.2) is 0 Å². The van der Waals surface area contributed by atoms with Gasteiger partial charge in [0, 0.05) is 10.9 Å². The monoisotopic (exact) mass is 309 g/mol. The lowest BCUT2D eigenvalue weighted by Gasteiger charge is -2.22. The predicted molar refractivity (Wildman–Crippen MR) is 72.9 cm³/mol. The van der Waals surface area contributed by atoms with Crippen molar-refractivity contribution in [1.29, 1.82) is 0 Å². The Bertz CT molecular complexity index is 294. The largest absolute Gasteiger partial charge is 0.309 e. The third-order valence-electron chi connectivity index (χ3n) is 2.61. The standard InChI is InChI=1S/C11H17BrClNS/c1-4-7(3)10(14-5-2)9-6-8(13)11(12)15-9/h6-7,10,14H,4-5H2,1-3H3. The summed E-state index contributed by atoms with van der Waals surface area (Å²) in [5.74, 6) is 0.631. The van der Waals surface area contributed by atoms with E-state index in [2.05, 4.69) is 48.1 Å². The Morgan fingerprint density at radius 1 is 1.53 bits per heavy atom. The lowest BCUT2D eigenvalue weighted by Crippen LogP contribution is -2.25. The molecule has 0 saturated heterocycles. The Balaban J connectivity index is 2.88. The van der Waals surface area contributed by atoms with Crippen LogP contribution in [0.2, 0.25) is 5.02 Å². The van der Waals surface area contributed by atoms with Crippen LogP contribution in [0.5, 0.6) is 0 Å². The first-order valence-corrected chi connectivity index (χ1v) is 7.27. The van der Waals surface area contributed by atoms with Crippen LogP contribution in [0.3, 0.4) is 0 Å². The van der Waals surface area contributed by atoms with Crippen molar-refractivity contribution in [2.75, 3.05) is 6.54 Å². The summed E-state index contributed by atoms with van der Waals surface area (Å²) in [6.07, 6.45) is 1.17. The molecule has 2 unspecified atom stereocenters. The molecule has 0 radical (unpaired) electrons. The van der Waals surface area contributed by atoms with E-state index in [1.54, 1.807) is 11.3 Å². The summed E-state index contributed by atoms with van der Waals surface area (Å²) in [5.41, 5.74) is 0. The van der Waals surface area contributed by atoms with E-state index in [1.165, 1.54) is 11.3 Å². The summed E-state index contributed by atoms with van der Waals surface area (Å²) in [7, 11) is 0. The second-order valence-corrected chi connectivity index (χ2v) is 6.50. The van der Waals surface area contributed by atoms with Gasteiger partial charge in [-0.1, -0.05) is 38.8 Å². The van der Waals surface area contributed by atoms with Gasteiger partial charge in [-0.2, -0.15) is 0 Å². The van der Waals surface area contributed by atoms with Gasteiger partial charge in [0.25, 0.3) is 0 Å². The number of hydrogen-bond donors (Lipinski definition) is 1. The fourth-order valence-electron chi connectivity index (χ4n) is 1.55. The lowest BCUT2D eigenvalue weighted by molar-refractivity contribution is 0.389. The van der Waals surface area contributed by atoms with Crippen LogP contribution in [0.25, 0.3) is 0 Å². The van der Waals surface area contributed by atoms with Crippen LogP contribution in [-0.2, 0) is 0 Å². The van der Waals surface area contributed by atoms with Crippen LogP contribution in [-0.4, -0.2) is 6.54 Å². The minimum Gasteiger partial charge on any atom is -0.309 e. The molecule has 1 rings (SSSR count). The fraction of sp³-hybridized carbons (Fsp3) is 0.636. The van der Waals surface area contributed by atoms with Crippen molar-refractivity contribution in [3.63, 3.8) is 0 Å². The molecular formula is C11H17BrClNS. The van der Waals surface area contributed by atoms with Crippen molar-refractivity contribution in [1.82, 2.24) is 5.32 Å². The Hall–Kier alpha value is 0.430. The van der Waals surface area contributed by atoms with Crippen molar-refractivity contribution < 1.29 is 0 Å². The first kappa shape index (κ1) is 13.5. The Labute approximate surface area is 109 Å². The van der Waals surface area contributed by atoms with Crippen LogP contribution >= 0.6 is 38.9 Å². The average Bonchev–Trinajstić information content (AvgIpc) is 2.54. The van der Waals surface area contributed by atoms with Crippen molar-refractivity contribution in [2.24, 2.45) is 5.92 Å². The molecule has 0 aliphatic rings. The van der Waals surface area contributed by atoms with Crippen molar-refractivity contribution in [2.45, 2.75) is 33.2 Å². The van der Waals surface area contributed by atoms with Gasteiger partial charge in [-0.3, -0.25) is 0 Å². The van der Waals surface area contributed by atoms with E-state index in [0.717, 1.165) is 15.4 Å². The highest BCUT2D eigenvalue weighted by atomic mass is 79.9. The van der Waals surface area contributed by atoms with Crippen molar-refractivity contribution in [3.8, 4) is 0 Å². The zero-order chi connectivity index (χ0) is 11.4. The van der Waals surface area contributed by atoms with Gasteiger partial charge in [0.05, 0.1) is 8.81 Å². The van der Waals surface area contributed by atoms with Gasteiger partial charge >= 0.3 is 0 Å². The number of nitrogens with one attached hydrogen (secondary N) is 1. The lowest BCUT2D eigenvalue weighted by atomic mass is 9.98. The van der Waals surface area contributed by atoms with E-state index in [9.17, 15) is 0 Å². The first-order valence-electron chi connectivity index (χ1n) is 5.28. The minimum atomic E-state index is 0.425. The van der Waals surface area contributed by atoms with Gasteiger partial charge < -0.3 is 5.32 Å². The van der Waals surface area contributed by atoms with Gasteiger partial charge in [-0.05, 0) is 34.5 Å². The second kappa shape index (κ2) is 6.24. The number of halogens is 2. The van der Waals surface area contributed by atoms with E-state index in [4.69, 9.17) is 11.6 Å². The van der Waals surface area contributed by atoms with Crippen LogP contribution in [0.1, 0.15) is 38.1 Å². The van der Waals surface area contributed by atoms with E-state index in [1.807, 2.05) is 0 Å². The molecule has 4 heteroatoms. The third kappa shape index (κ3) is 3.45. The SMILES string of the molecule is CCNC(c1cc(Cl)c(Br)s1)C(C)CC. The molecule has 0 aliphatic carbocycles. The quantitative estimate of drug-likeness (QED) is 0.819. The van der Waals surface area contributed by atoms with Crippen LogP contribution in [0.15, 0.2) is 9.85 Å². The molecule has 1 N–H and O–H groups in total. The third-order valence-corrected chi connectivity index (χ3v) is 5.17. The molecule has 0 aromatic carbocycles. The topological polar surface area (TPSA) is 12.0 Å². The molecule has 0 aliphatic heterocycles. The fourth-order valence-corrected chi connectivity index (χ4v) is 3.51. The van der Waals surface area contributed by atoms with E-state index < -0.39 is 0 Å². The number of rotatable bonds is 5. The van der Waals surface area contributed by atoms with Crippen molar-refractivity contribution >= 4 is 38.9 Å². The zero-order valence-corrected chi connectivity index (χ0v) is 12.5. The number of hydrogen-bond acceptors (Lipinski definition) is 2. The molecule has 15 heavy (non-hydrogen) atoms. The predicted octanol–water partition coefficient (Wildman–Crippen LogP) is 4.86.